The molecular weight excluding hydrogens is 248 g/mol. The van der Waals surface area contributed by atoms with Crippen molar-refractivity contribution in [2.45, 2.75) is 19.9 Å². The van der Waals surface area contributed by atoms with Crippen LogP contribution < -0.4 is 10.5 Å². The summed E-state index contributed by atoms with van der Waals surface area (Å²) in [6, 6.07) is 9.26. The fraction of sp³-hybridized carbons (Fsp3) is 0.214. The maximum atomic E-state index is 6.07. The number of hydrogen-bond acceptors (Lipinski definition) is 3. The predicted octanol–water partition coefficient (Wildman–Crippen LogP) is 3.86. The van der Waals surface area contributed by atoms with Crippen molar-refractivity contribution < 1.29 is 4.74 Å². The minimum absolute atomic E-state index is 0.0525. The van der Waals surface area contributed by atoms with Gasteiger partial charge in [-0.2, -0.15) is 0 Å². The van der Waals surface area contributed by atoms with Gasteiger partial charge in [-0.1, -0.05) is 17.7 Å². The summed E-state index contributed by atoms with van der Waals surface area (Å²) in [4.78, 5) is 4.15. The standard InChI is InChI=1S/C14H15ClN2O/c1-9-3-4-12(15)13(7-9)18-14-8-11(10(2)16)5-6-17-14/h3-8,10H,16H2,1-2H3/t10-/m1/s1. The molecule has 94 valence electrons. The van der Waals surface area contributed by atoms with E-state index in [4.69, 9.17) is 22.1 Å². The number of ether oxygens (including phenoxy) is 1. The lowest BCUT2D eigenvalue weighted by atomic mass is 10.1. The molecule has 4 heteroatoms. The monoisotopic (exact) mass is 262 g/mol. The van der Waals surface area contributed by atoms with Crippen molar-refractivity contribution in [3.63, 3.8) is 0 Å². The molecule has 0 spiro atoms. The average molecular weight is 263 g/mol. The number of benzene rings is 1. The highest BCUT2D eigenvalue weighted by Gasteiger charge is 2.06. The van der Waals surface area contributed by atoms with Crippen LogP contribution in [0, 0.1) is 6.92 Å². The quantitative estimate of drug-likeness (QED) is 0.914. The van der Waals surface area contributed by atoms with E-state index in [2.05, 4.69) is 4.98 Å². The van der Waals surface area contributed by atoms with E-state index >= 15 is 0 Å². The number of aryl methyl sites for hydroxylation is 1. The molecule has 0 aliphatic rings. The molecule has 18 heavy (non-hydrogen) atoms. The lowest BCUT2D eigenvalue weighted by Crippen LogP contribution is -2.05. The van der Waals surface area contributed by atoms with E-state index in [-0.39, 0.29) is 6.04 Å². The second-order valence-electron chi connectivity index (χ2n) is 4.25. The maximum absolute atomic E-state index is 6.07. The molecule has 0 unspecified atom stereocenters. The van der Waals surface area contributed by atoms with Crippen molar-refractivity contribution in [3.05, 3.63) is 52.7 Å². The summed E-state index contributed by atoms with van der Waals surface area (Å²) in [5.41, 5.74) is 7.88. The molecule has 0 fully saturated rings. The van der Waals surface area contributed by atoms with Crippen LogP contribution in [-0.4, -0.2) is 4.98 Å². The molecule has 0 radical (unpaired) electrons. The Kier molecular flexibility index (Phi) is 3.84. The Bertz CT molecular complexity index is 555. The number of halogens is 1. The number of aromatic nitrogens is 1. The molecule has 1 aromatic heterocycles. The molecule has 1 aromatic carbocycles. The molecule has 1 atom stereocenters. The molecule has 2 N–H and O–H groups in total. The second kappa shape index (κ2) is 5.38. The molecule has 0 saturated heterocycles. The van der Waals surface area contributed by atoms with E-state index in [1.165, 1.54) is 0 Å². The van der Waals surface area contributed by atoms with Crippen molar-refractivity contribution in [1.82, 2.24) is 4.98 Å². The summed E-state index contributed by atoms with van der Waals surface area (Å²) in [7, 11) is 0. The van der Waals surface area contributed by atoms with Gasteiger partial charge in [-0.3, -0.25) is 0 Å². The first-order valence-corrected chi connectivity index (χ1v) is 6.09. The Morgan fingerprint density at radius 1 is 1.28 bits per heavy atom. The van der Waals surface area contributed by atoms with E-state index in [0.717, 1.165) is 11.1 Å². The smallest absolute Gasteiger partial charge is 0.219 e. The Balaban J connectivity index is 2.28. The lowest BCUT2D eigenvalue weighted by Gasteiger charge is -2.10. The van der Waals surface area contributed by atoms with Gasteiger partial charge in [-0.25, -0.2) is 4.98 Å². The zero-order chi connectivity index (χ0) is 13.1. The van der Waals surface area contributed by atoms with Crippen molar-refractivity contribution in [3.8, 4) is 11.6 Å². The summed E-state index contributed by atoms with van der Waals surface area (Å²) >= 11 is 6.07. The average Bonchev–Trinajstić information content (AvgIpc) is 2.34. The fourth-order valence-electron chi connectivity index (χ4n) is 1.57. The van der Waals surface area contributed by atoms with Gasteiger partial charge in [0.25, 0.3) is 0 Å². The predicted molar refractivity (Wildman–Crippen MR) is 73.1 cm³/mol. The van der Waals surface area contributed by atoms with Crippen LogP contribution in [0.2, 0.25) is 5.02 Å². The van der Waals surface area contributed by atoms with Gasteiger partial charge in [0.2, 0.25) is 5.88 Å². The molecule has 0 aliphatic carbocycles. The SMILES string of the molecule is Cc1ccc(Cl)c(Oc2cc([C@@H](C)N)ccn2)c1. The topological polar surface area (TPSA) is 48.1 Å². The van der Waals surface area contributed by atoms with E-state index in [1.807, 2.05) is 44.2 Å². The number of nitrogens with zero attached hydrogens (tertiary/aromatic N) is 1. The number of nitrogens with two attached hydrogens (primary N) is 1. The van der Waals surface area contributed by atoms with Crippen LogP contribution in [0.5, 0.6) is 11.6 Å². The van der Waals surface area contributed by atoms with Crippen LogP contribution in [0.1, 0.15) is 24.1 Å². The lowest BCUT2D eigenvalue weighted by molar-refractivity contribution is 0.461. The Labute approximate surface area is 112 Å². The minimum atomic E-state index is -0.0525. The zero-order valence-electron chi connectivity index (χ0n) is 10.4. The van der Waals surface area contributed by atoms with E-state index in [0.29, 0.717) is 16.7 Å². The maximum Gasteiger partial charge on any atom is 0.219 e. The number of hydrogen-bond donors (Lipinski definition) is 1. The van der Waals surface area contributed by atoms with Gasteiger partial charge in [0.1, 0.15) is 5.75 Å². The fourth-order valence-corrected chi connectivity index (χ4v) is 1.72. The van der Waals surface area contributed by atoms with Crippen LogP contribution in [0.4, 0.5) is 0 Å². The van der Waals surface area contributed by atoms with E-state index in [9.17, 15) is 0 Å². The Morgan fingerprint density at radius 2 is 2.06 bits per heavy atom. The van der Waals surface area contributed by atoms with Crippen LogP contribution >= 0.6 is 11.6 Å². The molecule has 3 nitrogen and oxygen atoms in total. The van der Waals surface area contributed by atoms with Crippen molar-refractivity contribution in [2.24, 2.45) is 5.73 Å². The third kappa shape index (κ3) is 3.00. The molecule has 2 aromatic rings. The number of pyridine rings is 1. The Morgan fingerprint density at radius 3 is 2.78 bits per heavy atom. The molecular formula is C14H15ClN2O. The van der Waals surface area contributed by atoms with Gasteiger partial charge in [0, 0.05) is 18.3 Å². The summed E-state index contributed by atoms with van der Waals surface area (Å²) < 4.78 is 5.68. The molecule has 0 amide bonds. The van der Waals surface area contributed by atoms with Gasteiger partial charge in [0.15, 0.2) is 0 Å². The molecule has 0 aliphatic heterocycles. The van der Waals surface area contributed by atoms with Crippen LogP contribution in [0.3, 0.4) is 0 Å². The normalized spacial score (nSPS) is 12.2. The molecule has 2 rings (SSSR count). The Hall–Kier alpha value is -1.58. The van der Waals surface area contributed by atoms with Crippen molar-refractivity contribution in [1.29, 1.82) is 0 Å². The molecule has 0 bridgehead atoms. The van der Waals surface area contributed by atoms with Crippen LogP contribution in [-0.2, 0) is 0 Å². The van der Waals surface area contributed by atoms with Gasteiger partial charge in [-0.15, -0.1) is 0 Å². The third-order valence-corrected chi connectivity index (χ3v) is 2.90. The highest BCUT2D eigenvalue weighted by molar-refractivity contribution is 6.32. The van der Waals surface area contributed by atoms with Crippen molar-refractivity contribution >= 4 is 11.6 Å². The zero-order valence-corrected chi connectivity index (χ0v) is 11.1. The third-order valence-electron chi connectivity index (χ3n) is 2.59. The van der Waals surface area contributed by atoms with Crippen LogP contribution in [0.25, 0.3) is 0 Å². The minimum Gasteiger partial charge on any atom is -0.437 e. The van der Waals surface area contributed by atoms with E-state index < -0.39 is 0 Å². The highest BCUT2D eigenvalue weighted by atomic mass is 35.5. The summed E-state index contributed by atoms with van der Waals surface area (Å²) in [5.74, 6) is 1.10. The van der Waals surface area contributed by atoms with Gasteiger partial charge >= 0.3 is 0 Å². The first kappa shape index (κ1) is 12.9. The summed E-state index contributed by atoms with van der Waals surface area (Å²) in [5, 5.41) is 0.564. The first-order valence-electron chi connectivity index (χ1n) is 5.72. The van der Waals surface area contributed by atoms with E-state index in [1.54, 1.807) is 6.20 Å². The summed E-state index contributed by atoms with van der Waals surface area (Å²) in [6.45, 7) is 3.90. The first-order chi connectivity index (χ1) is 8.56. The number of rotatable bonds is 3. The van der Waals surface area contributed by atoms with Crippen molar-refractivity contribution in [2.75, 3.05) is 0 Å². The van der Waals surface area contributed by atoms with Crippen LogP contribution in [0.15, 0.2) is 36.5 Å². The van der Waals surface area contributed by atoms with Gasteiger partial charge in [0.05, 0.1) is 5.02 Å². The largest absolute Gasteiger partial charge is 0.437 e. The summed E-state index contributed by atoms with van der Waals surface area (Å²) in [6.07, 6.45) is 1.68. The van der Waals surface area contributed by atoms with Gasteiger partial charge in [-0.05, 0) is 43.2 Å². The molecule has 0 saturated carbocycles. The van der Waals surface area contributed by atoms with Gasteiger partial charge < -0.3 is 10.5 Å². The highest BCUT2D eigenvalue weighted by Crippen LogP contribution is 2.29. The second-order valence-corrected chi connectivity index (χ2v) is 4.66. The molecule has 1 heterocycles.